The summed E-state index contributed by atoms with van der Waals surface area (Å²) in [7, 11) is -2.20. The van der Waals surface area contributed by atoms with E-state index in [4.69, 9.17) is 0 Å². The first-order valence-electron chi connectivity index (χ1n) is 3.65. The molecule has 2 heteroatoms. The van der Waals surface area contributed by atoms with E-state index >= 15 is 0 Å². The van der Waals surface area contributed by atoms with Crippen molar-refractivity contribution in [2.75, 3.05) is 6.16 Å². The summed E-state index contributed by atoms with van der Waals surface area (Å²) in [5.74, 6) is 3.52. The van der Waals surface area contributed by atoms with Gasteiger partial charge in [-0.2, -0.15) is 0 Å². The molecule has 0 bridgehead atoms. The molecule has 0 amide bonds. The minimum absolute atomic E-state index is 0.557. The van der Waals surface area contributed by atoms with Gasteiger partial charge in [0.15, 0.2) is 0 Å². The van der Waals surface area contributed by atoms with Gasteiger partial charge in [0.1, 0.15) is 7.14 Å². The number of hydrogen-bond acceptors (Lipinski definition) is 1. The van der Waals surface area contributed by atoms with E-state index in [1.54, 1.807) is 17.7 Å². The Morgan fingerprint density at radius 1 is 1.27 bits per heavy atom. The van der Waals surface area contributed by atoms with Crippen LogP contribution in [0.1, 0.15) is 13.8 Å². The van der Waals surface area contributed by atoms with Gasteiger partial charge in [0.05, 0.1) is 0 Å². The normalized spacial score (nSPS) is 12.9. The maximum Gasteiger partial charge on any atom is 0.132 e. The molecule has 0 aromatic carbocycles. The Balaban J connectivity index is 4.51. The second-order valence-corrected chi connectivity index (χ2v) is 4.96. The lowest BCUT2D eigenvalue weighted by Gasteiger charge is -2.04. The lowest BCUT2D eigenvalue weighted by Crippen LogP contribution is -1.76. The molecular weight excluding hydrogens is 155 g/mol. The van der Waals surface area contributed by atoms with Crippen molar-refractivity contribution in [3.05, 3.63) is 36.4 Å². The molecule has 0 aliphatic carbocycles. The third-order valence-electron chi connectivity index (χ3n) is 1.22. The van der Waals surface area contributed by atoms with Crippen LogP contribution in [0.4, 0.5) is 0 Å². The van der Waals surface area contributed by atoms with Crippen LogP contribution in [0.15, 0.2) is 36.4 Å². The summed E-state index contributed by atoms with van der Waals surface area (Å²) in [6.45, 7) is 7.32. The van der Waals surface area contributed by atoms with Crippen LogP contribution in [0.3, 0.4) is 0 Å². The van der Waals surface area contributed by atoms with Gasteiger partial charge in [-0.3, -0.25) is 0 Å². The Labute approximate surface area is 68.9 Å². The fourth-order valence-corrected chi connectivity index (χ4v) is 2.63. The summed E-state index contributed by atoms with van der Waals surface area (Å²) in [6.07, 6.45) is 5.90. The van der Waals surface area contributed by atoms with Crippen LogP contribution in [-0.2, 0) is 4.57 Å². The summed E-state index contributed by atoms with van der Waals surface area (Å²) < 4.78 is 11.8. The van der Waals surface area contributed by atoms with Crippen LogP contribution in [0, 0.1) is 0 Å². The van der Waals surface area contributed by atoms with Crippen molar-refractivity contribution in [2.24, 2.45) is 0 Å². The van der Waals surface area contributed by atoms with Crippen molar-refractivity contribution in [2.45, 2.75) is 13.8 Å². The van der Waals surface area contributed by atoms with E-state index in [9.17, 15) is 4.57 Å². The molecule has 11 heavy (non-hydrogen) atoms. The molecule has 0 aliphatic heterocycles. The minimum Gasteiger partial charge on any atom is -0.315 e. The van der Waals surface area contributed by atoms with Crippen LogP contribution < -0.4 is 0 Å². The lowest BCUT2D eigenvalue weighted by molar-refractivity contribution is 0.588. The third-order valence-corrected chi connectivity index (χ3v) is 3.65. The number of rotatable bonds is 4. The van der Waals surface area contributed by atoms with Gasteiger partial charge in [0.2, 0.25) is 0 Å². The SMILES string of the molecule is C=CCP(=O)(/C=C\C)/C=C\C. The van der Waals surface area contributed by atoms with Crippen LogP contribution in [0.5, 0.6) is 0 Å². The highest BCUT2D eigenvalue weighted by Crippen LogP contribution is 2.48. The number of hydrogen-bond donors (Lipinski definition) is 0. The van der Waals surface area contributed by atoms with Gasteiger partial charge in [-0.05, 0) is 25.5 Å². The monoisotopic (exact) mass is 170 g/mol. The standard InChI is InChI=1S/C9H15OP/c1-4-7-11(10,8-5-2)9-6-3/h4-6,8-9H,1,7H2,2-3H3/b8-5-,9-6-. The third kappa shape index (κ3) is 4.00. The van der Waals surface area contributed by atoms with Gasteiger partial charge in [-0.15, -0.1) is 6.58 Å². The van der Waals surface area contributed by atoms with Crippen molar-refractivity contribution < 1.29 is 4.57 Å². The number of allylic oxidation sites excluding steroid dienone is 3. The van der Waals surface area contributed by atoms with Crippen molar-refractivity contribution >= 4 is 7.14 Å². The molecule has 0 aromatic rings. The van der Waals surface area contributed by atoms with Crippen molar-refractivity contribution in [3.8, 4) is 0 Å². The van der Waals surface area contributed by atoms with Gasteiger partial charge in [0, 0.05) is 6.16 Å². The highest BCUT2D eigenvalue weighted by atomic mass is 31.2. The van der Waals surface area contributed by atoms with Gasteiger partial charge in [-0.1, -0.05) is 18.2 Å². The predicted molar refractivity (Wildman–Crippen MR) is 52.3 cm³/mol. The Morgan fingerprint density at radius 2 is 1.73 bits per heavy atom. The first-order chi connectivity index (χ1) is 5.18. The molecule has 0 spiro atoms. The molecule has 0 saturated heterocycles. The van der Waals surface area contributed by atoms with Crippen molar-refractivity contribution in [1.29, 1.82) is 0 Å². The molecule has 0 unspecified atom stereocenters. The molecule has 0 saturated carbocycles. The second kappa shape index (κ2) is 5.15. The second-order valence-electron chi connectivity index (χ2n) is 2.29. The van der Waals surface area contributed by atoms with E-state index in [1.807, 2.05) is 26.0 Å². The summed E-state index contributed by atoms with van der Waals surface area (Å²) in [5, 5.41) is 0. The fourth-order valence-electron chi connectivity index (χ4n) is 0.878. The largest absolute Gasteiger partial charge is 0.315 e. The maximum absolute atomic E-state index is 11.8. The summed E-state index contributed by atoms with van der Waals surface area (Å²) in [6, 6.07) is 0. The predicted octanol–water partition coefficient (Wildman–Crippen LogP) is 3.60. The molecule has 0 aromatic heterocycles. The Kier molecular flexibility index (Phi) is 4.89. The molecule has 0 rings (SSSR count). The van der Waals surface area contributed by atoms with E-state index in [1.165, 1.54) is 0 Å². The van der Waals surface area contributed by atoms with E-state index < -0.39 is 7.14 Å². The lowest BCUT2D eigenvalue weighted by atomic mass is 10.8. The van der Waals surface area contributed by atoms with Crippen LogP contribution in [0.2, 0.25) is 0 Å². The highest BCUT2D eigenvalue weighted by molar-refractivity contribution is 7.70. The Bertz CT molecular complexity index is 198. The van der Waals surface area contributed by atoms with E-state index in [0.717, 1.165) is 0 Å². The maximum atomic E-state index is 11.8. The van der Waals surface area contributed by atoms with Gasteiger partial charge in [-0.25, -0.2) is 0 Å². The van der Waals surface area contributed by atoms with Crippen LogP contribution in [-0.4, -0.2) is 6.16 Å². The van der Waals surface area contributed by atoms with E-state index in [2.05, 4.69) is 6.58 Å². The average molecular weight is 170 g/mol. The molecule has 1 nitrogen and oxygen atoms in total. The highest BCUT2D eigenvalue weighted by Gasteiger charge is 2.09. The summed E-state index contributed by atoms with van der Waals surface area (Å²) in [5.41, 5.74) is 0. The Hall–Kier alpha value is -0.550. The molecule has 0 heterocycles. The Morgan fingerprint density at radius 3 is 2.00 bits per heavy atom. The summed E-state index contributed by atoms with van der Waals surface area (Å²) >= 11 is 0. The molecule has 0 atom stereocenters. The van der Waals surface area contributed by atoms with Crippen molar-refractivity contribution in [1.82, 2.24) is 0 Å². The first-order valence-corrected chi connectivity index (χ1v) is 5.68. The van der Waals surface area contributed by atoms with Crippen LogP contribution in [0.25, 0.3) is 0 Å². The molecule has 0 aliphatic rings. The molecule has 0 radical (unpaired) electrons. The molecule has 62 valence electrons. The topological polar surface area (TPSA) is 17.1 Å². The van der Waals surface area contributed by atoms with Crippen molar-refractivity contribution in [3.63, 3.8) is 0 Å². The molecule has 0 N–H and O–H groups in total. The molecular formula is C9H15OP. The zero-order valence-electron chi connectivity index (χ0n) is 7.16. The minimum atomic E-state index is -2.20. The van der Waals surface area contributed by atoms with Crippen LogP contribution >= 0.6 is 7.14 Å². The first kappa shape index (κ1) is 10.4. The van der Waals surface area contributed by atoms with E-state index in [-0.39, 0.29) is 0 Å². The smallest absolute Gasteiger partial charge is 0.132 e. The average Bonchev–Trinajstić information content (AvgIpc) is 1.88. The van der Waals surface area contributed by atoms with E-state index in [0.29, 0.717) is 6.16 Å². The van der Waals surface area contributed by atoms with Gasteiger partial charge in [0.25, 0.3) is 0 Å². The molecule has 0 fully saturated rings. The summed E-state index contributed by atoms with van der Waals surface area (Å²) in [4.78, 5) is 0. The van der Waals surface area contributed by atoms with Gasteiger partial charge >= 0.3 is 0 Å². The fraction of sp³-hybridized carbons (Fsp3) is 0.333. The zero-order chi connectivity index (χ0) is 8.74. The van der Waals surface area contributed by atoms with Gasteiger partial charge < -0.3 is 4.57 Å². The quantitative estimate of drug-likeness (QED) is 0.465. The zero-order valence-corrected chi connectivity index (χ0v) is 8.05.